The largest absolute Gasteiger partial charge is 0.494 e. The lowest BCUT2D eigenvalue weighted by atomic mass is 10.1. The van der Waals surface area contributed by atoms with E-state index in [-0.39, 0.29) is 12.6 Å². The van der Waals surface area contributed by atoms with Crippen LogP contribution in [-0.4, -0.2) is 41.9 Å². The average molecular weight is 326 g/mol. The van der Waals surface area contributed by atoms with E-state index in [1.54, 1.807) is 19.1 Å². The molecule has 0 saturated heterocycles. The summed E-state index contributed by atoms with van der Waals surface area (Å²) in [6.45, 7) is 4.73. The van der Waals surface area contributed by atoms with Gasteiger partial charge in [-0.1, -0.05) is 13.3 Å². The second kappa shape index (κ2) is 9.58. The van der Waals surface area contributed by atoms with E-state index in [4.69, 9.17) is 4.74 Å². The highest BCUT2D eigenvalue weighted by molar-refractivity contribution is 7.98. The molecule has 22 heavy (non-hydrogen) atoms. The molecule has 0 spiro atoms. The molecule has 3 N–H and O–H groups in total. The van der Waals surface area contributed by atoms with Crippen molar-refractivity contribution in [2.75, 3.05) is 30.5 Å². The molecule has 0 fully saturated rings. The molecule has 6 heteroatoms. The zero-order valence-electron chi connectivity index (χ0n) is 13.5. The Morgan fingerprint density at radius 1 is 1.36 bits per heavy atom. The molecule has 0 bridgehead atoms. The van der Waals surface area contributed by atoms with Crippen molar-refractivity contribution >= 4 is 23.5 Å². The van der Waals surface area contributed by atoms with Gasteiger partial charge in [0.15, 0.2) is 0 Å². The third-order valence-electron chi connectivity index (χ3n) is 2.96. The number of carbonyl (C=O) groups is 1. The summed E-state index contributed by atoms with van der Waals surface area (Å²) < 4.78 is 5.56. The Morgan fingerprint density at radius 3 is 2.64 bits per heavy atom. The number of amides is 2. The predicted molar refractivity (Wildman–Crippen MR) is 92.9 cm³/mol. The van der Waals surface area contributed by atoms with E-state index in [0.717, 1.165) is 18.6 Å². The monoisotopic (exact) mass is 326 g/mol. The lowest BCUT2D eigenvalue weighted by Gasteiger charge is -2.22. The first-order valence-corrected chi connectivity index (χ1v) is 8.85. The molecule has 0 heterocycles. The topological polar surface area (TPSA) is 70.6 Å². The third-order valence-corrected chi connectivity index (χ3v) is 3.87. The molecule has 5 nitrogen and oxygen atoms in total. The van der Waals surface area contributed by atoms with E-state index in [1.807, 2.05) is 18.4 Å². The van der Waals surface area contributed by atoms with Crippen LogP contribution >= 0.6 is 11.8 Å². The van der Waals surface area contributed by atoms with Gasteiger partial charge < -0.3 is 20.5 Å². The van der Waals surface area contributed by atoms with Crippen LogP contribution in [0.25, 0.3) is 0 Å². The maximum atomic E-state index is 11.8. The summed E-state index contributed by atoms with van der Waals surface area (Å²) in [6.07, 6.45) is 4.04. The molecule has 124 valence electrons. The second-order valence-electron chi connectivity index (χ2n) is 5.46. The van der Waals surface area contributed by atoms with Crippen LogP contribution < -0.4 is 15.4 Å². The number of nitrogens with one attached hydrogen (secondary N) is 2. The smallest absolute Gasteiger partial charge is 0.319 e. The van der Waals surface area contributed by atoms with E-state index in [0.29, 0.717) is 18.0 Å². The molecule has 1 aromatic rings. The van der Waals surface area contributed by atoms with Gasteiger partial charge in [-0.3, -0.25) is 0 Å². The van der Waals surface area contributed by atoms with Gasteiger partial charge >= 0.3 is 6.03 Å². The van der Waals surface area contributed by atoms with Gasteiger partial charge in [0.2, 0.25) is 0 Å². The fourth-order valence-corrected chi connectivity index (χ4v) is 2.50. The van der Waals surface area contributed by atoms with Gasteiger partial charge in [-0.2, -0.15) is 11.8 Å². The molecule has 1 aromatic carbocycles. The van der Waals surface area contributed by atoms with Crippen molar-refractivity contribution in [1.82, 2.24) is 5.32 Å². The van der Waals surface area contributed by atoms with E-state index in [1.165, 1.54) is 11.8 Å². The van der Waals surface area contributed by atoms with E-state index < -0.39 is 5.60 Å². The number of hydrogen-bond donors (Lipinski definition) is 3. The van der Waals surface area contributed by atoms with Crippen molar-refractivity contribution in [2.24, 2.45) is 0 Å². The van der Waals surface area contributed by atoms with Crippen LogP contribution in [0.4, 0.5) is 10.5 Å². The number of benzene rings is 1. The molecule has 0 radical (unpaired) electrons. The lowest BCUT2D eigenvalue weighted by molar-refractivity contribution is 0.0876. The first-order chi connectivity index (χ1) is 10.5. The molecule has 1 unspecified atom stereocenters. The summed E-state index contributed by atoms with van der Waals surface area (Å²) in [5.74, 6) is 1.36. The minimum absolute atomic E-state index is 0.206. The molecule has 1 rings (SSSR count). The molecule has 0 aromatic heterocycles. The molecular formula is C16H26N2O3S. The highest BCUT2D eigenvalue weighted by Crippen LogP contribution is 2.16. The van der Waals surface area contributed by atoms with Crippen LogP contribution in [0.5, 0.6) is 5.75 Å². The summed E-state index contributed by atoms with van der Waals surface area (Å²) in [5.41, 5.74) is -0.224. The zero-order chi connectivity index (χ0) is 16.4. The summed E-state index contributed by atoms with van der Waals surface area (Å²) in [5, 5.41) is 15.4. The molecule has 2 amide bonds. The minimum Gasteiger partial charge on any atom is -0.494 e. The Balaban J connectivity index is 2.38. The number of unbranched alkanes of at least 4 members (excludes halogenated alkanes) is 1. The first-order valence-electron chi connectivity index (χ1n) is 7.46. The van der Waals surface area contributed by atoms with Crippen molar-refractivity contribution in [2.45, 2.75) is 32.3 Å². The second-order valence-corrected chi connectivity index (χ2v) is 6.33. The fourth-order valence-electron chi connectivity index (χ4n) is 1.78. The maximum absolute atomic E-state index is 11.8. The molecule has 1 atom stereocenters. The van der Waals surface area contributed by atoms with Crippen LogP contribution in [0.2, 0.25) is 0 Å². The Hall–Kier alpha value is -1.40. The van der Waals surface area contributed by atoms with Crippen molar-refractivity contribution in [3.8, 4) is 5.75 Å². The van der Waals surface area contributed by atoms with Crippen molar-refractivity contribution in [1.29, 1.82) is 0 Å². The molecule has 0 aliphatic heterocycles. The molecular weight excluding hydrogens is 300 g/mol. The van der Waals surface area contributed by atoms with Crippen molar-refractivity contribution in [3.05, 3.63) is 24.3 Å². The third kappa shape index (κ3) is 7.56. The maximum Gasteiger partial charge on any atom is 0.319 e. The Kier molecular flexibility index (Phi) is 8.12. The van der Waals surface area contributed by atoms with Gasteiger partial charge in [-0.15, -0.1) is 0 Å². The van der Waals surface area contributed by atoms with E-state index in [2.05, 4.69) is 17.6 Å². The average Bonchev–Trinajstić information content (AvgIpc) is 2.47. The van der Waals surface area contributed by atoms with Gasteiger partial charge in [0.05, 0.1) is 12.2 Å². The van der Waals surface area contributed by atoms with Gasteiger partial charge in [0.25, 0.3) is 0 Å². The number of hydrogen-bond acceptors (Lipinski definition) is 4. The highest BCUT2D eigenvalue weighted by atomic mass is 32.2. The van der Waals surface area contributed by atoms with Crippen molar-refractivity contribution < 1.29 is 14.6 Å². The number of rotatable bonds is 9. The Morgan fingerprint density at radius 2 is 2.05 bits per heavy atom. The lowest BCUT2D eigenvalue weighted by Crippen LogP contribution is -2.43. The normalized spacial score (nSPS) is 13.3. The van der Waals surface area contributed by atoms with Gasteiger partial charge in [-0.05, 0) is 43.9 Å². The van der Waals surface area contributed by atoms with Gasteiger partial charge in [0, 0.05) is 18.0 Å². The highest BCUT2D eigenvalue weighted by Gasteiger charge is 2.20. The standard InChI is InChI=1S/C16H26N2O3S/c1-4-5-10-21-14-8-6-13(7-9-14)18-15(19)17-11-16(2,20)12-22-3/h6-9,20H,4-5,10-12H2,1-3H3,(H2,17,18,19). The van der Waals surface area contributed by atoms with E-state index >= 15 is 0 Å². The van der Waals surface area contributed by atoms with Gasteiger partial charge in [0.1, 0.15) is 5.75 Å². The quantitative estimate of drug-likeness (QED) is 0.610. The minimum atomic E-state index is -0.909. The Bertz CT molecular complexity index is 449. The summed E-state index contributed by atoms with van der Waals surface area (Å²) in [6, 6.07) is 6.91. The van der Waals surface area contributed by atoms with Crippen LogP contribution in [0.1, 0.15) is 26.7 Å². The van der Waals surface area contributed by atoms with Crippen molar-refractivity contribution in [3.63, 3.8) is 0 Å². The summed E-state index contributed by atoms with van der Waals surface area (Å²) >= 11 is 1.54. The first kappa shape index (κ1) is 18.6. The van der Waals surface area contributed by atoms with Crippen LogP contribution in [0.15, 0.2) is 24.3 Å². The SMILES string of the molecule is CCCCOc1ccc(NC(=O)NCC(C)(O)CSC)cc1. The fraction of sp³-hybridized carbons (Fsp3) is 0.562. The van der Waals surface area contributed by atoms with E-state index in [9.17, 15) is 9.90 Å². The number of carbonyl (C=O) groups excluding carboxylic acids is 1. The zero-order valence-corrected chi connectivity index (χ0v) is 14.3. The molecule has 0 saturated carbocycles. The van der Waals surface area contributed by atoms with Crippen LogP contribution in [-0.2, 0) is 0 Å². The number of aliphatic hydroxyl groups is 1. The van der Waals surface area contributed by atoms with Crippen LogP contribution in [0.3, 0.4) is 0 Å². The Labute approximate surface area is 136 Å². The number of urea groups is 1. The number of ether oxygens (including phenoxy) is 1. The number of thioether (sulfide) groups is 1. The summed E-state index contributed by atoms with van der Waals surface area (Å²) in [7, 11) is 0. The molecule has 0 aliphatic carbocycles. The number of anilines is 1. The predicted octanol–water partition coefficient (Wildman–Crippen LogP) is 3.10. The van der Waals surface area contributed by atoms with Gasteiger partial charge in [-0.25, -0.2) is 4.79 Å². The van der Waals surface area contributed by atoms with Crippen LogP contribution in [0, 0.1) is 0 Å². The summed E-state index contributed by atoms with van der Waals surface area (Å²) in [4.78, 5) is 11.8. The molecule has 0 aliphatic rings.